The van der Waals surface area contributed by atoms with Gasteiger partial charge in [-0.05, 0) is 51.8 Å². The molecule has 156 valence electrons. The van der Waals surface area contributed by atoms with Gasteiger partial charge in [-0.1, -0.05) is 0 Å². The molecule has 2 unspecified atom stereocenters. The average molecular weight is 413 g/mol. The largest absolute Gasteiger partial charge is 0.465 e. The Labute approximate surface area is 165 Å². The van der Waals surface area contributed by atoms with E-state index in [2.05, 4.69) is 4.74 Å². The second-order valence-corrected chi connectivity index (χ2v) is 9.26. The van der Waals surface area contributed by atoms with Gasteiger partial charge in [0.15, 0.2) is 0 Å². The molecule has 1 aliphatic rings. The molecule has 10 heteroatoms. The average Bonchev–Trinajstić information content (AvgIpc) is 2.58. The molecule has 1 heterocycles. The van der Waals surface area contributed by atoms with Gasteiger partial charge in [0.1, 0.15) is 10.5 Å². The predicted molar refractivity (Wildman–Crippen MR) is 103 cm³/mol. The lowest BCUT2D eigenvalue weighted by Gasteiger charge is -2.39. The van der Waals surface area contributed by atoms with Crippen molar-refractivity contribution in [2.45, 2.75) is 50.3 Å². The van der Waals surface area contributed by atoms with Crippen LogP contribution in [0.15, 0.2) is 23.1 Å². The normalized spacial score (nSPS) is 20.6. The summed E-state index contributed by atoms with van der Waals surface area (Å²) in [5.74, 6) is -1.38. The lowest BCUT2D eigenvalue weighted by molar-refractivity contribution is -0.161. The van der Waals surface area contributed by atoms with Gasteiger partial charge < -0.3 is 20.1 Å². The molecule has 2 atom stereocenters. The molecule has 9 nitrogen and oxygen atoms in total. The first-order chi connectivity index (χ1) is 12.8. The van der Waals surface area contributed by atoms with E-state index in [1.807, 2.05) is 0 Å². The van der Waals surface area contributed by atoms with Crippen LogP contribution in [0.25, 0.3) is 0 Å². The first-order valence-electron chi connectivity index (χ1n) is 8.83. The van der Waals surface area contributed by atoms with Crippen LogP contribution in [0, 0.1) is 5.92 Å². The minimum atomic E-state index is -4.12. The molecule has 1 fully saturated rings. The molecule has 1 aromatic rings. The van der Waals surface area contributed by atoms with Crippen LogP contribution in [0.5, 0.6) is 0 Å². The van der Waals surface area contributed by atoms with Crippen molar-refractivity contribution in [1.82, 2.24) is 0 Å². The van der Waals surface area contributed by atoms with Crippen LogP contribution in [-0.4, -0.2) is 45.8 Å². The van der Waals surface area contributed by atoms with Gasteiger partial charge in [-0.3, -0.25) is 4.79 Å². The fraction of sp³-hybridized carbons (Fsp3) is 0.556. The van der Waals surface area contributed by atoms with Gasteiger partial charge in [0, 0.05) is 6.54 Å². The number of carbonyl (C=O) groups is 2. The minimum absolute atomic E-state index is 0.0625. The number of methoxy groups -OCH3 is 1. The van der Waals surface area contributed by atoms with Gasteiger partial charge in [0.25, 0.3) is 0 Å². The minimum Gasteiger partial charge on any atom is -0.465 e. The molecule has 28 heavy (non-hydrogen) atoms. The van der Waals surface area contributed by atoms with Crippen LogP contribution in [0.1, 0.15) is 44.0 Å². The number of piperidine rings is 1. The summed E-state index contributed by atoms with van der Waals surface area (Å²) in [6, 6.07) is 4.09. The first kappa shape index (κ1) is 22.1. The summed E-state index contributed by atoms with van der Waals surface area (Å²) < 4.78 is 34.2. The molecular weight excluding hydrogens is 386 g/mol. The Balaban J connectivity index is 2.29. The van der Waals surface area contributed by atoms with E-state index in [1.54, 1.807) is 25.7 Å². The third kappa shape index (κ3) is 5.21. The maximum absolute atomic E-state index is 12.3. The summed E-state index contributed by atoms with van der Waals surface area (Å²) >= 11 is 0. The Morgan fingerprint density at radius 3 is 2.39 bits per heavy atom. The quantitative estimate of drug-likeness (QED) is 0.695. The molecule has 0 bridgehead atoms. The number of esters is 2. The number of hydrogen-bond acceptors (Lipinski definition) is 8. The second kappa shape index (κ2) is 8.06. The van der Waals surface area contributed by atoms with Crippen molar-refractivity contribution in [2.24, 2.45) is 16.8 Å². The van der Waals surface area contributed by atoms with Crippen molar-refractivity contribution < 1.29 is 27.5 Å². The molecule has 0 spiro atoms. The summed E-state index contributed by atoms with van der Waals surface area (Å²) in [6.45, 7) is 5.72. The van der Waals surface area contributed by atoms with Gasteiger partial charge in [-0.15, -0.1) is 0 Å². The third-order valence-corrected chi connectivity index (χ3v) is 5.32. The molecule has 1 aliphatic heterocycles. The van der Waals surface area contributed by atoms with Crippen LogP contribution in [-0.2, 0) is 24.3 Å². The molecule has 1 aromatic carbocycles. The molecule has 0 radical (unpaired) electrons. The van der Waals surface area contributed by atoms with Crippen LogP contribution in [0.3, 0.4) is 0 Å². The molecule has 0 aromatic heterocycles. The van der Waals surface area contributed by atoms with E-state index < -0.39 is 27.8 Å². The summed E-state index contributed by atoms with van der Waals surface area (Å²) in [5, 5.41) is 5.34. The number of anilines is 1. The highest BCUT2D eigenvalue weighted by Crippen LogP contribution is 2.32. The van der Waals surface area contributed by atoms with Crippen LogP contribution in [0.4, 0.5) is 5.69 Å². The van der Waals surface area contributed by atoms with Crippen molar-refractivity contribution in [1.29, 1.82) is 0 Å². The Morgan fingerprint density at radius 1 is 1.25 bits per heavy atom. The van der Waals surface area contributed by atoms with Crippen molar-refractivity contribution in [3.8, 4) is 0 Å². The molecule has 0 amide bonds. The number of nitrogens with zero attached hydrogens (tertiary/aromatic N) is 1. The maximum Gasteiger partial charge on any atom is 0.337 e. The van der Waals surface area contributed by atoms with Gasteiger partial charge in [-0.2, -0.15) is 0 Å². The number of nitrogens with two attached hydrogens (primary N) is 2. The SMILES string of the molecule is COC(=O)c1ccc(N2CCC(C(=O)OC(C)(C)C)CC2N)c(S(N)(=O)=O)c1. The number of rotatable bonds is 4. The monoisotopic (exact) mass is 413 g/mol. The molecule has 1 saturated heterocycles. The topological polar surface area (TPSA) is 142 Å². The lowest BCUT2D eigenvalue weighted by atomic mass is 9.94. The van der Waals surface area contributed by atoms with Crippen molar-refractivity contribution in [3.63, 3.8) is 0 Å². The maximum atomic E-state index is 12.3. The molecule has 2 rings (SSSR count). The third-order valence-electron chi connectivity index (χ3n) is 4.38. The highest BCUT2D eigenvalue weighted by Gasteiger charge is 2.35. The zero-order valence-corrected chi connectivity index (χ0v) is 17.3. The number of primary sulfonamides is 1. The number of hydrogen-bond donors (Lipinski definition) is 2. The van der Waals surface area contributed by atoms with Gasteiger partial charge in [-0.25, -0.2) is 18.4 Å². The summed E-state index contributed by atoms with van der Waals surface area (Å²) in [4.78, 5) is 25.5. The first-order valence-corrected chi connectivity index (χ1v) is 10.4. The second-order valence-electron chi connectivity index (χ2n) is 7.73. The van der Waals surface area contributed by atoms with Gasteiger partial charge in [0.05, 0.1) is 30.4 Å². The standard InChI is InChI=1S/C18H27N3O6S/c1-18(2,3)27-17(23)12-7-8-21(15(19)10-12)13-6-5-11(16(22)26-4)9-14(13)28(20,24)25/h5-6,9,12,15H,7-8,10,19H2,1-4H3,(H2,20,24,25). The predicted octanol–water partition coefficient (Wildman–Crippen LogP) is 0.964. The van der Waals surface area contributed by atoms with Crippen molar-refractivity contribution >= 4 is 27.6 Å². The smallest absolute Gasteiger partial charge is 0.337 e. The van der Waals surface area contributed by atoms with E-state index in [4.69, 9.17) is 15.6 Å². The Morgan fingerprint density at radius 2 is 1.89 bits per heavy atom. The van der Waals surface area contributed by atoms with Crippen LogP contribution in [0.2, 0.25) is 0 Å². The van der Waals surface area contributed by atoms with E-state index in [0.29, 0.717) is 19.4 Å². The Bertz CT molecular complexity index is 863. The van der Waals surface area contributed by atoms with E-state index in [-0.39, 0.29) is 28.0 Å². The molecule has 4 N–H and O–H groups in total. The highest BCUT2D eigenvalue weighted by atomic mass is 32.2. The number of ether oxygens (including phenoxy) is 2. The molecular formula is C18H27N3O6S. The van der Waals surface area contributed by atoms with Crippen LogP contribution < -0.4 is 15.8 Å². The van der Waals surface area contributed by atoms with Crippen molar-refractivity contribution in [2.75, 3.05) is 18.6 Å². The number of carbonyl (C=O) groups excluding carboxylic acids is 2. The Kier molecular flexibility index (Phi) is 6.37. The van der Waals surface area contributed by atoms with Crippen LogP contribution >= 0.6 is 0 Å². The highest BCUT2D eigenvalue weighted by molar-refractivity contribution is 7.89. The van der Waals surface area contributed by atoms with E-state index >= 15 is 0 Å². The molecule has 0 aliphatic carbocycles. The van der Waals surface area contributed by atoms with Crippen molar-refractivity contribution in [3.05, 3.63) is 23.8 Å². The fourth-order valence-electron chi connectivity index (χ4n) is 3.12. The summed E-state index contributed by atoms with van der Waals surface area (Å²) in [6.07, 6.45) is 0.138. The summed E-state index contributed by atoms with van der Waals surface area (Å²) in [7, 11) is -2.92. The zero-order chi connectivity index (χ0) is 21.3. The van der Waals surface area contributed by atoms with E-state index in [1.165, 1.54) is 25.3 Å². The Hall–Kier alpha value is -2.17. The zero-order valence-electron chi connectivity index (χ0n) is 16.5. The fourth-order valence-corrected chi connectivity index (χ4v) is 3.89. The number of sulfonamides is 1. The van der Waals surface area contributed by atoms with E-state index in [0.717, 1.165) is 0 Å². The number of benzene rings is 1. The van der Waals surface area contributed by atoms with E-state index in [9.17, 15) is 18.0 Å². The van der Waals surface area contributed by atoms with Gasteiger partial charge >= 0.3 is 11.9 Å². The van der Waals surface area contributed by atoms with Gasteiger partial charge in [0.2, 0.25) is 10.0 Å². The lowest BCUT2D eigenvalue weighted by Crippen LogP contribution is -2.50. The summed E-state index contributed by atoms with van der Waals surface area (Å²) in [5.41, 5.74) is 5.98. The molecule has 0 saturated carbocycles.